The summed E-state index contributed by atoms with van der Waals surface area (Å²) >= 11 is 0. The van der Waals surface area contributed by atoms with Gasteiger partial charge in [-0.25, -0.2) is 4.79 Å². The molecule has 0 saturated heterocycles. The van der Waals surface area contributed by atoms with Crippen LogP contribution >= 0.6 is 0 Å². The van der Waals surface area contributed by atoms with Crippen LogP contribution in [0, 0.1) is 0 Å². The third-order valence-corrected chi connectivity index (χ3v) is 11.2. The van der Waals surface area contributed by atoms with Gasteiger partial charge in [-0.15, -0.1) is 0 Å². The van der Waals surface area contributed by atoms with Crippen molar-refractivity contribution in [2.45, 2.75) is 58.0 Å². The van der Waals surface area contributed by atoms with Crippen molar-refractivity contribution in [2.24, 2.45) is 0 Å². The summed E-state index contributed by atoms with van der Waals surface area (Å²) in [6.07, 6.45) is -0.236. The molecule has 2 amide bonds. The van der Waals surface area contributed by atoms with E-state index in [0.717, 1.165) is 5.56 Å². The number of amides is 2. The highest BCUT2D eigenvalue weighted by Gasteiger charge is 2.39. The Morgan fingerprint density at radius 2 is 1.26 bits per heavy atom. The van der Waals surface area contributed by atoms with E-state index in [1.165, 1.54) is 10.4 Å². The second-order valence-electron chi connectivity index (χ2n) is 10.1. The number of hydrogen-bond acceptors (Lipinski definition) is 3. The lowest BCUT2D eigenvalue weighted by Gasteiger charge is -2.36. The van der Waals surface area contributed by atoms with E-state index in [1.54, 1.807) is 20.8 Å². The van der Waals surface area contributed by atoms with Gasteiger partial charge in [0, 0.05) is 12.1 Å². The minimum absolute atomic E-state index is 0.126. The normalized spacial score (nSPS) is 13.4. The van der Waals surface area contributed by atoms with Gasteiger partial charge in [-0.3, -0.25) is 4.79 Å². The van der Waals surface area contributed by atoms with Crippen LogP contribution in [-0.2, 0) is 16.0 Å². The number of nitrogens with one attached hydrogen (secondary N) is 2. The molecule has 0 spiro atoms. The molecule has 3 aromatic carbocycles. The first-order valence-electron chi connectivity index (χ1n) is 12.0. The summed E-state index contributed by atoms with van der Waals surface area (Å²) in [6.45, 7) is 9.75. The van der Waals surface area contributed by atoms with Crippen LogP contribution in [0.3, 0.4) is 0 Å². The van der Waals surface area contributed by atoms with Crippen LogP contribution in [0.4, 0.5) is 4.79 Å². The Bertz CT molecular complexity index is 1060. The second kappa shape index (κ2) is 11.4. The number of carbonyl (C=O) groups excluding carboxylic acids is 2. The Morgan fingerprint density at radius 3 is 1.71 bits per heavy atom. The van der Waals surface area contributed by atoms with Crippen LogP contribution in [0.1, 0.15) is 33.3 Å². The Labute approximate surface area is 209 Å². The molecule has 0 bridgehead atoms. The molecule has 184 valence electrons. The summed E-state index contributed by atoms with van der Waals surface area (Å²) in [5.74, 6) is -0.224. The highest BCUT2D eigenvalue weighted by Crippen LogP contribution is 2.13. The van der Waals surface area contributed by atoms with E-state index in [0.29, 0.717) is 6.42 Å². The molecular weight excluding hydrogens is 452 g/mol. The van der Waals surface area contributed by atoms with Crippen LogP contribution in [-0.4, -0.2) is 37.4 Å². The highest BCUT2D eigenvalue weighted by molar-refractivity contribution is 7.02. The van der Waals surface area contributed by atoms with E-state index < -0.39 is 25.8 Å². The molecule has 35 heavy (non-hydrogen) atoms. The molecule has 0 radical (unpaired) electrons. The summed E-state index contributed by atoms with van der Waals surface area (Å²) in [5, 5.41) is 8.53. The lowest BCUT2D eigenvalue weighted by molar-refractivity contribution is -0.123. The van der Waals surface area contributed by atoms with E-state index in [4.69, 9.17) is 4.74 Å². The minimum Gasteiger partial charge on any atom is -0.444 e. The topological polar surface area (TPSA) is 67.4 Å². The van der Waals surface area contributed by atoms with Crippen molar-refractivity contribution in [1.82, 2.24) is 10.6 Å². The second-order valence-corrected chi connectivity index (χ2v) is 14.5. The maximum atomic E-state index is 13.6. The van der Waals surface area contributed by atoms with E-state index in [1.807, 2.05) is 66.7 Å². The quantitative estimate of drug-likeness (QED) is 0.470. The van der Waals surface area contributed by atoms with Crippen LogP contribution in [0.25, 0.3) is 0 Å². The predicted molar refractivity (Wildman–Crippen MR) is 145 cm³/mol. The maximum absolute atomic E-state index is 13.6. The van der Waals surface area contributed by atoms with Gasteiger partial charge in [0.25, 0.3) is 0 Å². The third kappa shape index (κ3) is 7.05. The molecule has 3 aromatic rings. The van der Waals surface area contributed by atoms with Gasteiger partial charge in [0.1, 0.15) is 19.7 Å². The van der Waals surface area contributed by atoms with Crippen molar-refractivity contribution >= 4 is 30.4 Å². The molecule has 6 heteroatoms. The average Bonchev–Trinajstić information content (AvgIpc) is 2.83. The molecule has 2 atom stereocenters. The number of carbonyl (C=O) groups is 2. The molecule has 0 fully saturated rings. The van der Waals surface area contributed by atoms with E-state index >= 15 is 0 Å². The largest absolute Gasteiger partial charge is 0.444 e. The van der Waals surface area contributed by atoms with Crippen LogP contribution < -0.4 is 21.0 Å². The summed E-state index contributed by atoms with van der Waals surface area (Å²) in [4.78, 5) is 26.2. The Balaban J connectivity index is 1.88. The molecule has 5 nitrogen and oxygen atoms in total. The number of benzene rings is 3. The molecule has 0 heterocycles. The molecule has 0 aliphatic rings. The van der Waals surface area contributed by atoms with Crippen molar-refractivity contribution in [2.75, 3.05) is 0 Å². The van der Waals surface area contributed by atoms with Gasteiger partial charge in [0.05, 0.1) is 0 Å². The van der Waals surface area contributed by atoms with Gasteiger partial charge >= 0.3 is 6.09 Å². The van der Waals surface area contributed by atoms with Gasteiger partial charge in [-0.2, -0.15) is 0 Å². The van der Waals surface area contributed by atoms with E-state index in [9.17, 15) is 9.59 Å². The molecule has 0 unspecified atom stereocenters. The number of ether oxygens (including phenoxy) is 1. The monoisotopic (exact) mass is 488 g/mol. The lowest BCUT2D eigenvalue weighted by Crippen LogP contribution is -2.69. The summed E-state index contributed by atoms with van der Waals surface area (Å²) in [7, 11) is -2.36. The van der Waals surface area contributed by atoms with Crippen LogP contribution in [0.2, 0.25) is 6.55 Å². The SMILES string of the molecule is C[C@H](NC(=O)[C@H](Cc1ccccc1)NC(=O)OC(C)(C)C)[Si](C)(c1ccccc1)c1ccccc1. The van der Waals surface area contributed by atoms with Gasteiger partial charge in [0.15, 0.2) is 0 Å². The van der Waals surface area contributed by atoms with Crippen molar-refractivity contribution in [3.63, 3.8) is 0 Å². The average molecular weight is 489 g/mol. The van der Waals surface area contributed by atoms with Crippen molar-refractivity contribution < 1.29 is 14.3 Å². The molecule has 2 N–H and O–H groups in total. The fourth-order valence-electron chi connectivity index (χ4n) is 4.20. The van der Waals surface area contributed by atoms with E-state index in [2.05, 4.69) is 48.4 Å². The molecule has 0 aliphatic carbocycles. The highest BCUT2D eigenvalue weighted by atomic mass is 28.3. The fourth-order valence-corrected chi connectivity index (χ4v) is 7.74. The first-order valence-corrected chi connectivity index (χ1v) is 14.6. The third-order valence-electron chi connectivity index (χ3n) is 6.26. The smallest absolute Gasteiger partial charge is 0.408 e. The van der Waals surface area contributed by atoms with Gasteiger partial charge < -0.3 is 15.4 Å². The summed E-state index contributed by atoms with van der Waals surface area (Å²) < 4.78 is 5.45. The van der Waals surface area contributed by atoms with Crippen molar-refractivity contribution in [3.8, 4) is 0 Å². The standard InChI is InChI=1S/C29H36N2O3Si/c1-22(35(5,24-17-11-7-12-18-24)25-19-13-8-14-20-25)30-27(32)26(21-23-15-9-6-10-16-23)31-28(33)34-29(2,3)4/h6-20,22,26H,21H2,1-5H3,(H,30,32)(H,31,33)/t22-,26+/m1/s1. The molecular formula is C29H36N2O3Si. The zero-order chi connectivity index (χ0) is 25.5. The number of hydrogen-bond donors (Lipinski definition) is 2. The minimum atomic E-state index is -2.36. The Hall–Kier alpha value is -3.38. The summed E-state index contributed by atoms with van der Waals surface area (Å²) in [6, 6.07) is 29.7. The van der Waals surface area contributed by atoms with Gasteiger partial charge in [-0.1, -0.05) is 108 Å². The molecule has 0 aliphatic heterocycles. The molecule has 3 rings (SSSR count). The van der Waals surface area contributed by atoms with E-state index in [-0.39, 0.29) is 11.6 Å². The van der Waals surface area contributed by atoms with Crippen LogP contribution in [0.5, 0.6) is 0 Å². The Kier molecular flexibility index (Phi) is 8.51. The predicted octanol–water partition coefficient (Wildman–Crippen LogP) is 4.06. The number of rotatable bonds is 8. The van der Waals surface area contributed by atoms with Gasteiger partial charge in [-0.05, 0) is 33.3 Å². The van der Waals surface area contributed by atoms with Gasteiger partial charge in [0.2, 0.25) is 5.91 Å². The van der Waals surface area contributed by atoms with Crippen LogP contribution in [0.15, 0.2) is 91.0 Å². The lowest BCUT2D eigenvalue weighted by atomic mass is 10.1. The first-order chi connectivity index (χ1) is 16.6. The maximum Gasteiger partial charge on any atom is 0.408 e. The molecule has 0 aromatic heterocycles. The zero-order valence-corrected chi connectivity index (χ0v) is 22.2. The summed E-state index contributed by atoms with van der Waals surface area (Å²) in [5.41, 5.74) is 0.179. The first kappa shape index (κ1) is 26.2. The molecule has 0 saturated carbocycles. The van der Waals surface area contributed by atoms with Crippen molar-refractivity contribution in [1.29, 1.82) is 0 Å². The number of alkyl carbamates (subject to hydrolysis) is 1. The zero-order valence-electron chi connectivity index (χ0n) is 21.2. The van der Waals surface area contributed by atoms with Crippen molar-refractivity contribution in [3.05, 3.63) is 96.6 Å². The Morgan fingerprint density at radius 1 is 0.800 bits per heavy atom. The fraction of sp³-hybridized carbons (Fsp3) is 0.310.